The largest absolute Gasteiger partial charge is 0.411 e. The number of likely N-dealkylation sites (tertiary alicyclic amines) is 1. The number of rotatable bonds is 5. The van der Waals surface area contributed by atoms with Crippen molar-refractivity contribution in [1.82, 2.24) is 4.90 Å². The molecule has 14 heavy (non-hydrogen) atoms. The Kier molecular flexibility index (Phi) is 6.03. The summed E-state index contributed by atoms with van der Waals surface area (Å²) in [6.45, 7) is 5.54. The lowest BCUT2D eigenvalue weighted by Crippen LogP contribution is -2.34. The van der Waals surface area contributed by atoms with Crippen LogP contribution in [0.1, 0.15) is 26.2 Å². The molecule has 0 aromatic rings. The lowest BCUT2D eigenvalue weighted by atomic mass is 10.1. The Balaban J connectivity index is 2.04. The molecule has 1 saturated heterocycles. The minimum atomic E-state index is 0.942. The Morgan fingerprint density at radius 2 is 2.14 bits per heavy atom. The fourth-order valence-corrected chi connectivity index (χ4v) is 2.29. The molecule has 0 spiro atoms. The number of hydrogen-bond acceptors (Lipinski definition) is 4. The average molecular weight is 216 g/mol. The molecular formula is C10H20N2OS. The van der Waals surface area contributed by atoms with Crippen molar-refractivity contribution in [2.24, 2.45) is 5.16 Å². The highest BCUT2D eigenvalue weighted by Crippen LogP contribution is 2.09. The van der Waals surface area contributed by atoms with Crippen LogP contribution in [0, 0.1) is 0 Å². The van der Waals surface area contributed by atoms with Gasteiger partial charge in [-0.3, -0.25) is 0 Å². The van der Waals surface area contributed by atoms with Crippen molar-refractivity contribution < 1.29 is 5.21 Å². The Labute approximate surface area is 90.5 Å². The van der Waals surface area contributed by atoms with Crippen molar-refractivity contribution in [3.05, 3.63) is 0 Å². The van der Waals surface area contributed by atoms with Gasteiger partial charge >= 0.3 is 0 Å². The maximum absolute atomic E-state index is 8.59. The van der Waals surface area contributed by atoms with Crippen LogP contribution in [0.25, 0.3) is 0 Å². The molecule has 82 valence electrons. The molecule has 1 N–H and O–H groups in total. The summed E-state index contributed by atoms with van der Waals surface area (Å²) in [6, 6.07) is 0. The van der Waals surface area contributed by atoms with E-state index in [-0.39, 0.29) is 0 Å². The summed E-state index contributed by atoms with van der Waals surface area (Å²) >= 11 is 2.01. The zero-order chi connectivity index (χ0) is 10.2. The maximum atomic E-state index is 8.59. The lowest BCUT2D eigenvalue weighted by Gasteiger charge is -2.26. The van der Waals surface area contributed by atoms with Gasteiger partial charge in [-0.1, -0.05) is 12.1 Å². The first-order chi connectivity index (χ1) is 6.86. The fourth-order valence-electron chi connectivity index (χ4n) is 1.67. The van der Waals surface area contributed by atoms with E-state index in [4.69, 9.17) is 5.21 Å². The Morgan fingerprint density at radius 3 is 2.71 bits per heavy atom. The van der Waals surface area contributed by atoms with Gasteiger partial charge in [-0.25, -0.2) is 0 Å². The van der Waals surface area contributed by atoms with Gasteiger partial charge in [0.1, 0.15) is 0 Å². The number of piperidine rings is 1. The molecule has 1 aliphatic rings. The van der Waals surface area contributed by atoms with Gasteiger partial charge in [-0.15, -0.1) is 0 Å². The first kappa shape index (κ1) is 11.9. The van der Waals surface area contributed by atoms with Gasteiger partial charge < -0.3 is 10.1 Å². The lowest BCUT2D eigenvalue weighted by molar-refractivity contribution is 0.264. The summed E-state index contributed by atoms with van der Waals surface area (Å²) in [7, 11) is 0. The average Bonchev–Trinajstić information content (AvgIpc) is 2.25. The standard InChI is InChI=1S/C10H20N2OS/c1-2-14-9-3-6-12-7-4-10(11-13)5-8-12/h13H,2-9H2,1H3. The minimum absolute atomic E-state index is 0.942. The first-order valence-corrected chi connectivity index (χ1v) is 6.52. The van der Waals surface area contributed by atoms with Gasteiger partial charge in [-0.05, 0) is 24.5 Å². The topological polar surface area (TPSA) is 35.8 Å². The Hall–Kier alpha value is -0.220. The van der Waals surface area contributed by atoms with E-state index in [1.54, 1.807) is 0 Å². The second kappa shape index (κ2) is 7.12. The molecule has 1 rings (SSSR count). The highest BCUT2D eigenvalue weighted by molar-refractivity contribution is 7.99. The van der Waals surface area contributed by atoms with E-state index in [2.05, 4.69) is 17.0 Å². The normalized spacial score (nSPS) is 18.5. The molecule has 0 bridgehead atoms. The van der Waals surface area contributed by atoms with Crippen LogP contribution in [-0.4, -0.2) is 47.0 Å². The van der Waals surface area contributed by atoms with E-state index in [1.165, 1.54) is 24.5 Å². The van der Waals surface area contributed by atoms with E-state index in [0.717, 1.165) is 31.6 Å². The second-order valence-electron chi connectivity index (χ2n) is 3.56. The van der Waals surface area contributed by atoms with Gasteiger partial charge in [0.15, 0.2) is 0 Å². The van der Waals surface area contributed by atoms with Crippen molar-refractivity contribution in [2.45, 2.75) is 26.2 Å². The SMILES string of the molecule is CCSCCCN1CCC(=NO)CC1. The second-order valence-corrected chi connectivity index (χ2v) is 4.95. The quantitative estimate of drug-likeness (QED) is 0.434. The summed E-state index contributed by atoms with van der Waals surface area (Å²) in [5, 5.41) is 11.9. The fraction of sp³-hybridized carbons (Fsp3) is 0.900. The molecule has 0 radical (unpaired) electrons. The molecular weight excluding hydrogens is 196 g/mol. The molecule has 0 saturated carbocycles. The molecule has 0 aliphatic carbocycles. The van der Waals surface area contributed by atoms with Crippen LogP contribution in [0.4, 0.5) is 0 Å². The Morgan fingerprint density at radius 1 is 1.43 bits per heavy atom. The summed E-state index contributed by atoms with van der Waals surface area (Å²) in [6.07, 6.45) is 3.17. The molecule has 0 unspecified atom stereocenters. The first-order valence-electron chi connectivity index (χ1n) is 5.36. The summed E-state index contributed by atoms with van der Waals surface area (Å²) < 4.78 is 0. The monoisotopic (exact) mass is 216 g/mol. The predicted octanol–water partition coefficient (Wildman–Crippen LogP) is 2.06. The van der Waals surface area contributed by atoms with Crippen molar-refractivity contribution in [1.29, 1.82) is 0 Å². The van der Waals surface area contributed by atoms with Crippen LogP contribution in [0.3, 0.4) is 0 Å². The smallest absolute Gasteiger partial charge is 0.0596 e. The number of oxime groups is 1. The summed E-state index contributed by atoms with van der Waals surface area (Å²) in [4.78, 5) is 2.46. The molecule has 4 heteroatoms. The van der Waals surface area contributed by atoms with Crippen LogP contribution < -0.4 is 0 Å². The molecule has 0 aromatic carbocycles. The predicted molar refractivity (Wildman–Crippen MR) is 62.5 cm³/mol. The van der Waals surface area contributed by atoms with Crippen LogP contribution in [0.2, 0.25) is 0 Å². The van der Waals surface area contributed by atoms with Crippen molar-refractivity contribution in [3.8, 4) is 0 Å². The molecule has 0 amide bonds. The van der Waals surface area contributed by atoms with Gasteiger partial charge in [-0.2, -0.15) is 11.8 Å². The minimum Gasteiger partial charge on any atom is -0.411 e. The zero-order valence-corrected chi connectivity index (χ0v) is 9.72. The number of hydrogen-bond donors (Lipinski definition) is 1. The highest BCUT2D eigenvalue weighted by atomic mass is 32.2. The molecule has 3 nitrogen and oxygen atoms in total. The van der Waals surface area contributed by atoms with Crippen LogP contribution >= 0.6 is 11.8 Å². The number of nitrogens with zero attached hydrogens (tertiary/aromatic N) is 2. The van der Waals surface area contributed by atoms with E-state index in [9.17, 15) is 0 Å². The van der Waals surface area contributed by atoms with E-state index >= 15 is 0 Å². The van der Waals surface area contributed by atoms with Gasteiger partial charge in [0.05, 0.1) is 5.71 Å². The molecule has 1 heterocycles. The van der Waals surface area contributed by atoms with Crippen LogP contribution in [0.15, 0.2) is 5.16 Å². The van der Waals surface area contributed by atoms with Crippen molar-refractivity contribution in [3.63, 3.8) is 0 Å². The molecule has 1 fully saturated rings. The molecule has 1 aliphatic heterocycles. The van der Waals surface area contributed by atoms with Gasteiger partial charge in [0, 0.05) is 25.9 Å². The summed E-state index contributed by atoms with van der Waals surface area (Å²) in [5.74, 6) is 2.50. The van der Waals surface area contributed by atoms with Crippen LogP contribution in [0.5, 0.6) is 0 Å². The van der Waals surface area contributed by atoms with Gasteiger partial charge in [0.25, 0.3) is 0 Å². The third kappa shape index (κ3) is 4.33. The highest BCUT2D eigenvalue weighted by Gasteiger charge is 2.14. The van der Waals surface area contributed by atoms with Crippen LogP contribution in [-0.2, 0) is 0 Å². The zero-order valence-electron chi connectivity index (χ0n) is 8.91. The molecule has 0 atom stereocenters. The number of thioether (sulfide) groups is 1. The van der Waals surface area contributed by atoms with E-state index in [1.807, 2.05) is 11.8 Å². The third-order valence-corrected chi connectivity index (χ3v) is 3.53. The maximum Gasteiger partial charge on any atom is 0.0596 e. The van der Waals surface area contributed by atoms with Gasteiger partial charge in [0.2, 0.25) is 0 Å². The van der Waals surface area contributed by atoms with E-state index in [0.29, 0.717) is 0 Å². The summed E-state index contributed by atoms with van der Waals surface area (Å²) in [5.41, 5.74) is 0.962. The third-order valence-electron chi connectivity index (χ3n) is 2.54. The van der Waals surface area contributed by atoms with Crippen molar-refractivity contribution in [2.75, 3.05) is 31.1 Å². The van der Waals surface area contributed by atoms with Crippen molar-refractivity contribution >= 4 is 17.5 Å². The Bertz CT molecular complexity index is 175. The molecule has 0 aromatic heterocycles. The van der Waals surface area contributed by atoms with E-state index < -0.39 is 0 Å².